The van der Waals surface area contributed by atoms with Crippen molar-refractivity contribution in [2.24, 2.45) is 0 Å². The van der Waals surface area contributed by atoms with Crippen LogP contribution in [0, 0.1) is 6.92 Å². The molecule has 0 aromatic carbocycles. The van der Waals surface area contributed by atoms with E-state index in [0.717, 1.165) is 11.3 Å². The van der Waals surface area contributed by atoms with E-state index in [1.807, 2.05) is 13.8 Å². The first-order chi connectivity index (χ1) is 17.7. The van der Waals surface area contributed by atoms with Crippen LogP contribution in [0.1, 0.15) is 68.9 Å². The van der Waals surface area contributed by atoms with E-state index in [2.05, 4.69) is 5.32 Å². The van der Waals surface area contributed by atoms with E-state index >= 15 is 0 Å². The van der Waals surface area contributed by atoms with Crippen LogP contribution in [0.4, 0.5) is 5.00 Å². The maximum atomic E-state index is 13.0. The molecular formula is C25H31N3O7S2. The third kappa shape index (κ3) is 6.37. The summed E-state index contributed by atoms with van der Waals surface area (Å²) in [6.45, 7) is 7.95. The highest BCUT2D eigenvalue weighted by Gasteiger charge is 2.36. The minimum atomic E-state index is -0.764. The number of hydrogen-bond acceptors (Lipinski definition) is 9. The molecule has 1 atom stereocenters. The highest BCUT2D eigenvalue weighted by Crippen LogP contribution is 2.34. The molecule has 0 bridgehead atoms. The van der Waals surface area contributed by atoms with Gasteiger partial charge < -0.3 is 24.6 Å². The molecule has 0 spiro atoms. The van der Waals surface area contributed by atoms with Gasteiger partial charge in [-0.1, -0.05) is 6.07 Å². The lowest BCUT2D eigenvalue weighted by molar-refractivity contribution is -0.151. The van der Waals surface area contributed by atoms with Crippen LogP contribution in [0.5, 0.6) is 0 Å². The van der Waals surface area contributed by atoms with Crippen molar-refractivity contribution in [3.63, 3.8) is 0 Å². The van der Waals surface area contributed by atoms with E-state index in [4.69, 9.17) is 9.47 Å². The van der Waals surface area contributed by atoms with Crippen LogP contribution in [0.25, 0.3) is 0 Å². The van der Waals surface area contributed by atoms with Crippen molar-refractivity contribution >= 4 is 57.3 Å². The number of esters is 2. The molecule has 1 fully saturated rings. The van der Waals surface area contributed by atoms with Gasteiger partial charge in [-0.3, -0.25) is 14.4 Å². The average molecular weight is 550 g/mol. The van der Waals surface area contributed by atoms with E-state index in [9.17, 15) is 24.0 Å². The van der Waals surface area contributed by atoms with Crippen molar-refractivity contribution in [2.75, 3.05) is 38.2 Å². The molecule has 1 saturated heterocycles. The molecule has 1 unspecified atom stereocenters. The Labute approximate surface area is 223 Å². The summed E-state index contributed by atoms with van der Waals surface area (Å²) < 4.78 is 10.4. The summed E-state index contributed by atoms with van der Waals surface area (Å²) in [7, 11) is 0. The summed E-state index contributed by atoms with van der Waals surface area (Å²) >= 11 is 2.28. The van der Waals surface area contributed by atoms with Gasteiger partial charge in [-0.15, -0.1) is 22.7 Å². The second kappa shape index (κ2) is 12.8. The summed E-state index contributed by atoms with van der Waals surface area (Å²) in [6, 6.07) is 2.70. The normalized spacial score (nSPS) is 14.8. The molecule has 1 aliphatic heterocycles. The van der Waals surface area contributed by atoms with E-state index in [0.29, 0.717) is 47.8 Å². The quantitative estimate of drug-likeness (QED) is 0.450. The van der Waals surface area contributed by atoms with Crippen molar-refractivity contribution in [3.05, 3.63) is 38.4 Å². The van der Waals surface area contributed by atoms with Crippen LogP contribution in [0.15, 0.2) is 17.5 Å². The standard InChI is InChI=1S/C25H31N3O7S2/c1-5-27(6-2)23(31)20-15(4)19(25(33)34-7-3)21(37-20)26-18(29)14-35-24(32)16-10-8-12-28(16)22(30)17-11-9-13-36-17/h9,11,13,16H,5-8,10,12,14H2,1-4H3,(H,26,29). The zero-order valence-electron chi connectivity index (χ0n) is 21.3. The van der Waals surface area contributed by atoms with E-state index in [-0.39, 0.29) is 29.0 Å². The Hall–Kier alpha value is -3.25. The van der Waals surface area contributed by atoms with Gasteiger partial charge in [0, 0.05) is 19.6 Å². The summed E-state index contributed by atoms with van der Waals surface area (Å²) in [6.07, 6.45) is 1.11. The predicted octanol–water partition coefficient (Wildman–Crippen LogP) is 3.56. The number of carbonyl (C=O) groups excluding carboxylic acids is 5. The van der Waals surface area contributed by atoms with Crippen LogP contribution in [-0.2, 0) is 19.1 Å². The number of nitrogens with zero attached hydrogens (tertiary/aromatic N) is 2. The highest BCUT2D eigenvalue weighted by atomic mass is 32.1. The largest absolute Gasteiger partial charge is 0.462 e. The highest BCUT2D eigenvalue weighted by molar-refractivity contribution is 7.18. The van der Waals surface area contributed by atoms with Crippen molar-refractivity contribution in [2.45, 2.75) is 46.6 Å². The lowest BCUT2D eigenvalue weighted by Crippen LogP contribution is -2.41. The molecule has 1 aliphatic rings. The SMILES string of the molecule is CCOC(=O)c1c(NC(=O)COC(=O)C2CCCN2C(=O)c2cccs2)sc(C(=O)N(CC)CC)c1C. The molecule has 2 aromatic heterocycles. The number of anilines is 1. The van der Waals surface area contributed by atoms with E-state index in [1.54, 1.807) is 36.3 Å². The summed E-state index contributed by atoms with van der Waals surface area (Å²) in [4.78, 5) is 67.7. The monoisotopic (exact) mass is 549 g/mol. The van der Waals surface area contributed by atoms with Crippen LogP contribution >= 0.6 is 22.7 Å². The Kier molecular flexibility index (Phi) is 9.81. The number of ether oxygens (including phenoxy) is 2. The smallest absolute Gasteiger partial charge is 0.341 e. The molecule has 10 nitrogen and oxygen atoms in total. The van der Waals surface area contributed by atoms with Gasteiger partial charge >= 0.3 is 11.9 Å². The maximum absolute atomic E-state index is 13.0. The van der Waals surface area contributed by atoms with Crippen LogP contribution in [-0.4, -0.2) is 78.3 Å². The van der Waals surface area contributed by atoms with Gasteiger partial charge in [0.2, 0.25) is 0 Å². The topological polar surface area (TPSA) is 122 Å². The molecule has 200 valence electrons. The van der Waals surface area contributed by atoms with Crippen molar-refractivity contribution < 1.29 is 33.4 Å². The van der Waals surface area contributed by atoms with Crippen molar-refractivity contribution in [1.29, 1.82) is 0 Å². The molecule has 0 radical (unpaired) electrons. The van der Waals surface area contributed by atoms with Gasteiger partial charge in [0.1, 0.15) is 11.0 Å². The minimum Gasteiger partial charge on any atom is -0.462 e. The predicted molar refractivity (Wildman–Crippen MR) is 140 cm³/mol. The zero-order chi connectivity index (χ0) is 27.1. The first-order valence-electron chi connectivity index (χ1n) is 12.1. The molecule has 1 N–H and O–H groups in total. The molecule has 3 heterocycles. The Morgan fingerprint density at radius 2 is 1.86 bits per heavy atom. The fraction of sp³-hybridized carbons (Fsp3) is 0.480. The second-order valence-corrected chi connectivity index (χ2v) is 10.2. The van der Waals surface area contributed by atoms with Gasteiger partial charge in [0.15, 0.2) is 6.61 Å². The third-order valence-electron chi connectivity index (χ3n) is 5.99. The van der Waals surface area contributed by atoms with Gasteiger partial charge in [-0.25, -0.2) is 9.59 Å². The minimum absolute atomic E-state index is 0.102. The van der Waals surface area contributed by atoms with Crippen LogP contribution < -0.4 is 5.32 Å². The van der Waals surface area contributed by atoms with Crippen molar-refractivity contribution in [1.82, 2.24) is 9.80 Å². The molecular weight excluding hydrogens is 518 g/mol. The molecule has 3 rings (SSSR count). The molecule has 0 saturated carbocycles. The summed E-state index contributed by atoms with van der Waals surface area (Å²) in [5.41, 5.74) is 0.520. The maximum Gasteiger partial charge on any atom is 0.341 e. The van der Waals surface area contributed by atoms with Crippen LogP contribution in [0.2, 0.25) is 0 Å². The van der Waals surface area contributed by atoms with Crippen molar-refractivity contribution in [3.8, 4) is 0 Å². The van der Waals surface area contributed by atoms with Gasteiger partial charge in [-0.05, 0) is 57.5 Å². The molecule has 3 amide bonds. The van der Waals surface area contributed by atoms with Gasteiger partial charge in [0.05, 0.1) is 21.9 Å². The first kappa shape index (κ1) is 28.3. The number of thiophene rings is 2. The fourth-order valence-electron chi connectivity index (χ4n) is 4.10. The summed E-state index contributed by atoms with van der Waals surface area (Å²) in [5, 5.41) is 4.54. The molecule has 12 heteroatoms. The number of carbonyl (C=O) groups is 5. The Bertz CT molecular complexity index is 1160. The third-order valence-corrected chi connectivity index (χ3v) is 8.04. The number of nitrogens with one attached hydrogen (secondary N) is 1. The number of likely N-dealkylation sites (tertiary alicyclic amines) is 1. The number of amides is 3. The first-order valence-corrected chi connectivity index (χ1v) is 13.8. The number of rotatable bonds is 10. The van der Waals surface area contributed by atoms with E-state index in [1.165, 1.54) is 16.2 Å². The Morgan fingerprint density at radius 3 is 2.49 bits per heavy atom. The molecule has 2 aromatic rings. The fourth-order valence-corrected chi connectivity index (χ4v) is 5.96. The zero-order valence-corrected chi connectivity index (χ0v) is 23.0. The average Bonchev–Trinajstić information content (AvgIpc) is 3.63. The lowest BCUT2D eigenvalue weighted by atomic mass is 10.1. The van der Waals surface area contributed by atoms with Gasteiger partial charge in [0.25, 0.3) is 17.7 Å². The number of hydrogen-bond donors (Lipinski definition) is 1. The lowest BCUT2D eigenvalue weighted by Gasteiger charge is -2.22. The molecule has 0 aliphatic carbocycles. The van der Waals surface area contributed by atoms with Gasteiger partial charge in [-0.2, -0.15) is 0 Å². The van der Waals surface area contributed by atoms with E-state index < -0.39 is 30.5 Å². The summed E-state index contributed by atoms with van der Waals surface area (Å²) in [5.74, 6) is -2.48. The molecule has 37 heavy (non-hydrogen) atoms. The Balaban J connectivity index is 1.70. The second-order valence-electron chi connectivity index (χ2n) is 8.25. The Morgan fingerprint density at radius 1 is 1.14 bits per heavy atom. The van der Waals surface area contributed by atoms with Crippen LogP contribution in [0.3, 0.4) is 0 Å².